The molecule has 1 fully saturated rings. The van der Waals surface area contributed by atoms with E-state index in [4.69, 9.17) is 4.74 Å². The van der Waals surface area contributed by atoms with Crippen LogP contribution in [0.1, 0.15) is 11.4 Å². The monoisotopic (exact) mass is 409 g/mol. The molecule has 0 aliphatic carbocycles. The summed E-state index contributed by atoms with van der Waals surface area (Å²) in [5.74, 6) is 1.61. The van der Waals surface area contributed by atoms with Gasteiger partial charge in [-0.25, -0.2) is 9.78 Å². The predicted molar refractivity (Wildman–Crippen MR) is 115 cm³/mol. The summed E-state index contributed by atoms with van der Waals surface area (Å²) in [6, 6.07) is 17.5. The number of methoxy groups -OCH3 is 1. The van der Waals surface area contributed by atoms with Gasteiger partial charge in [-0.15, -0.1) is 0 Å². The van der Waals surface area contributed by atoms with Gasteiger partial charge in [0.05, 0.1) is 7.11 Å². The first-order chi connectivity index (χ1) is 14.2. The van der Waals surface area contributed by atoms with Crippen molar-refractivity contribution >= 4 is 28.4 Å². The molecule has 4 rings (SSSR count). The van der Waals surface area contributed by atoms with Crippen molar-refractivity contribution in [2.45, 2.75) is 6.42 Å². The number of aromatic nitrogens is 2. The van der Waals surface area contributed by atoms with Gasteiger partial charge < -0.3 is 19.9 Å². The zero-order valence-corrected chi connectivity index (χ0v) is 17.1. The van der Waals surface area contributed by atoms with Crippen LogP contribution in [0.25, 0.3) is 0 Å². The van der Waals surface area contributed by atoms with Crippen LogP contribution in [0.15, 0.2) is 54.6 Å². The Morgan fingerprint density at radius 2 is 1.79 bits per heavy atom. The average Bonchev–Trinajstić information content (AvgIpc) is 3.23. The maximum absolute atomic E-state index is 12.5. The number of ether oxygens (including phenoxy) is 1. The van der Waals surface area contributed by atoms with Gasteiger partial charge in [-0.05, 0) is 29.8 Å². The second-order valence-corrected chi connectivity index (χ2v) is 7.52. The summed E-state index contributed by atoms with van der Waals surface area (Å²) >= 11 is 1.42. The number of amides is 2. The van der Waals surface area contributed by atoms with Crippen LogP contribution in [-0.2, 0) is 6.42 Å². The molecule has 0 unspecified atom stereocenters. The fourth-order valence-corrected chi connectivity index (χ4v) is 3.94. The normalized spacial score (nSPS) is 14.0. The summed E-state index contributed by atoms with van der Waals surface area (Å²) in [5, 5.41) is 3.86. The van der Waals surface area contributed by atoms with Crippen molar-refractivity contribution in [3.8, 4) is 5.75 Å². The highest BCUT2D eigenvalue weighted by molar-refractivity contribution is 7.09. The van der Waals surface area contributed by atoms with Crippen LogP contribution in [0.4, 0.5) is 15.6 Å². The lowest BCUT2D eigenvalue weighted by atomic mass is 10.1. The third-order valence-corrected chi connectivity index (χ3v) is 5.66. The summed E-state index contributed by atoms with van der Waals surface area (Å²) in [5.41, 5.74) is 1.96. The number of piperazine rings is 1. The van der Waals surface area contributed by atoms with E-state index in [1.807, 2.05) is 47.4 Å². The number of benzene rings is 2. The first-order valence-corrected chi connectivity index (χ1v) is 10.3. The van der Waals surface area contributed by atoms with E-state index < -0.39 is 0 Å². The Labute approximate surface area is 174 Å². The van der Waals surface area contributed by atoms with Gasteiger partial charge in [0.2, 0.25) is 5.13 Å². The number of anilines is 2. The Kier molecular flexibility index (Phi) is 5.90. The number of hydrogen-bond acceptors (Lipinski definition) is 6. The molecule has 2 amide bonds. The second kappa shape index (κ2) is 8.91. The van der Waals surface area contributed by atoms with E-state index in [-0.39, 0.29) is 6.03 Å². The second-order valence-electron chi connectivity index (χ2n) is 6.79. The van der Waals surface area contributed by atoms with Gasteiger partial charge in [0.15, 0.2) is 0 Å². The quantitative estimate of drug-likeness (QED) is 0.699. The molecule has 7 nitrogen and oxygen atoms in total. The number of rotatable bonds is 5. The average molecular weight is 410 g/mol. The first-order valence-electron chi connectivity index (χ1n) is 9.53. The van der Waals surface area contributed by atoms with Crippen LogP contribution in [-0.4, -0.2) is 53.6 Å². The van der Waals surface area contributed by atoms with E-state index in [0.29, 0.717) is 13.1 Å². The van der Waals surface area contributed by atoms with Crippen molar-refractivity contribution in [2.75, 3.05) is 43.5 Å². The molecule has 1 aliphatic heterocycles. The van der Waals surface area contributed by atoms with Crippen LogP contribution in [0, 0.1) is 0 Å². The number of nitrogens with one attached hydrogen (secondary N) is 1. The maximum Gasteiger partial charge on any atom is 0.321 e. The lowest BCUT2D eigenvalue weighted by Gasteiger charge is -2.34. The highest BCUT2D eigenvalue weighted by Crippen LogP contribution is 2.21. The van der Waals surface area contributed by atoms with Crippen molar-refractivity contribution in [1.29, 1.82) is 0 Å². The van der Waals surface area contributed by atoms with Gasteiger partial charge in [0.1, 0.15) is 11.6 Å². The minimum atomic E-state index is -0.0863. The standard InChI is InChI=1S/C21H23N5O2S/c1-28-18-9-7-17(8-10-18)22-20(27)25-11-13-26(14-12-25)21-23-19(24-29-21)15-16-5-3-2-4-6-16/h2-10H,11-15H2,1H3,(H,22,27). The van der Waals surface area contributed by atoms with Crippen molar-refractivity contribution in [1.82, 2.24) is 14.3 Å². The van der Waals surface area contributed by atoms with E-state index in [9.17, 15) is 4.79 Å². The van der Waals surface area contributed by atoms with E-state index in [1.54, 1.807) is 7.11 Å². The van der Waals surface area contributed by atoms with Crippen LogP contribution in [0.3, 0.4) is 0 Å². The molecular weight excluding hydrogens is 386 g/mol. The van der Waals surface area contributed by atoms with Gasteiger partial charge in [-0.2, -0.15) is 4.37 Å². The molecule has 29 heavy (non-hydrogen) atoms. The van der Waals surface area contributed by atoms with Crippen molar-refractivity contribution in [3.63, 3.8) is 0 Å². The minimum absolute atomic E-state index is 0.0863. The SMILES string of the molecule is COc1ccc(NC(=O)N2CCN(c3nc(Cc4ccccc4)ns3)CC2)cc1. The summed E-state index contributed by atoms with van der Waals surface area (Å²) in [4.78, 5) is 21.2. The Hall–Kier alpha value is -3.13. The van der Waals surface area contributed by atoms with Crippen LogP contribution >= 0.6 is 11.5 Å². The highest BCUT2D eigenvalue weighted by Gasteiger charge is 2.23. The lowest BCUT2D eigenvalue weighted by Crippen LogP contribution is -2.50. The third-order valence-electron chi connectivity index (χ3n) is 4.84. The highest BCUT2D eigenvalue weighted by atomic mass is 32.1. The van der Waals surface area contributed by atoms with Crippen molar-refractivity contribution in [3.05, 3.63) is 66.0 Å². The van der Waals surface area contributed by atoms with Crippen molar-refractivity contribution in [2.24, 2.45) is 0 Å². The fraction of sp³-hybridized carbons (Fsp3) is 0.286. The molecule has 8 heteroatoms. The van der Waals surface area contributed by atoms with E-state index in [1.165, 1.54) is 17.1 Å². The van der Waals surface area contributed by atoms with Gasteiger partial charge in [0.25, 0.3) is 0 Å². The molecule has 1 aromatic heterocycles. The molecule has 1 saturated heterocycles. The fourth-order valence-electron chi connectivity index (χ4n) is 3.20. The lowest BCUT2D eigenvalue weighted by molar-refractivity contribution is 0.208. The number of carbonyl (C=O) groups excluding carboxylic acids is 1. The molecule has 3 aromatic rings. The largest absolute Gasteiger partial charge is 0.497 e. The predicted octanol–water partition coefficient (Wildman–Crippen LogP) is 3.49. The molecule has 150 valence electrons. The third kappa shape index (κ3) is 4.83. The molecule has 0 radical (unpaired) electrons. The molecule has 0 atom stereocenters. The van der Waals surface area contributed by atoms with E-state index >= 15 is 0 Å². The van der Waals surface area contributed by atoms with Crippen molar-refractivity contribution < 1.29 is 9.53 Å². The Morgan fingerprint density at radius 1 is 1.07 bits per heavy atom. The number of urea groups is 1. The van der Waals surface area contributed by atoms with Gasteiger partial charge in [0, 0.05) is 49.8 Å². The number of hydrogen-bond donors (Lipinski definition) is 1. The number of nitrogens with zero attached hydrogens (tertiary/aromatic N) is 4. The summed E-state index contributed by atoms with van der Waals surface area (Å²) in [6.07, 6.45) is 0.738. The van der Waals surface area contributed by atoms with E-state index in [0.717, 1.165) is 41.9 Å². The van der Waals surface area contributed by atoms with Gasteiger partial charge >= 0.3 is 6.03 Å². The Balaban J connectivity index is 1.29. The minimum Gasteiger partial charge on any atom is -0.497 e. The Bertz CT molecular complexity index is 937. The molecule has 2 aromatic carbocycles. The molecular formula is C21H23N5O2S. The molecule has 0 saturated carbocycles. The zero-order chi connectivity index (χ0) is 20.1. The zero-order valence-electron chi connectivity index (χ0n) is 16.2. The topological polar surface area (TPSA) is 70.6 Å². The summed E-state index contributed by atoms with van der Waals surface area (Å²) < 4.78 is 9.64. The molecule has 0 bridgehead atoms. The van der Waals surface area contributed by atoms with Crippen LogP contribution in [0.2, 0.25) is 0 Å². The smallest absolute Gasteiger partial charge is 0.321 e. The summed E-state index contributed by atoms with van der Waals surface area (Å²) in [6.45, 7) is 2.79. The Morgan fingerprint density at radius 3 is 2.48 bits per heavy atom. The van der Waals surface area contributed by atoms with E-state index in [2.05, 4.69) is 31.7 Å². The van der Waals surface area contributed by atoms with Gasteiger partial charge in [-0.1, -0.05) is 30.3 Å². The molecule has 1 N–H and O–H groups in total. The van der Waals surface area contributed by atoms with Gasteiger partial charge in [-0.3, -0.25) is 0 Å². The maximum atomic E-state index is 12.5. The number of carbonyl (C=O) groups is 1. The molecule has 0 spiro atoms. The molecule has 2 heterocycles. The van der Waals surface area contributed by atoms with Crippen LogP contribution in [0.5, 0.6) is 5.75 Å². The molecule has 1 aliphatic rings. The van der Waals surface area contributed by atoms with Crippen LogP contribution < -0.4 is 15.0 Å². The first kappa shape index (κ1) is 19.2. The summed E-state index contributed by atoms with van der Waals surface area (Å²) in [7, 11) is 1.62.